The largest absolute Gasteiger partial charge is 0.288 e. The fraction of sp³-hybridized carbons (Fsp3) is 0.125. The number of nitrogens with one attached hydrogen (secondary N) is 1. The van der Waals surface area contributed by atoms with Crippen LogP contribution in [0.2, 0.25) is 0 Å². The predicted octanol–water partition coefficient (Wildman–Crippen LogP) is 2.15. The first-order valence-electron chi connectivity index (χ1n) is 7.00. The molecule has 1 aliphatic rings. The van der Waals surface area contributed by atoms with E-state index >= 15 is 0 Å². The molecule has 6 nitrogen and oxygen atoms in total. The van der Waals surface area contributed by atoms with Crippen LogP contribution in [0, 0.1) is 0 Å². The van der Waals surface area contributed by atoms with Gasteiger partial charge in [0.25, 0.3) is 11.8 Å². The van der Waals surface area contributed by atoms with Gasteiger partial charge in [-0.05, 0) is 29.8 Å². The van der Waals surface area contributed by atoms with Crippen molar-refractivity contribution in [3.8, 4) is 0 Å². The molecule has 2 amide bonds. The molecule has 1 heterocycles. The Kier molecular flexibility index (Phi) is 4.29. The van der Waals surface area contributed by atoms with E-state index in [1.54, 1.807) is 0 Å². The third kappa shape index (κ3) is 2.88. The highest BCUT2D eigenvalue weighted by atomic mass is 79.9. The normalized spacial score (nSPS) is 14.0. The van der Waals surface area contributed by atoms with Gasteiger partial charge in [0.15, 0.2) is 0 Å². The number of amides is 2. The number of fused-ring (bicyclic) bond motifs is 1. The van der Waals surface area contributed by atoms with Crippen molar-refractivity contribution in [2.75, 3.05) is 7.05 Å². The number of benzene rings is 2. The van der Waals surface area contributed by atoms with Gasteiger partial charge in [0.05, 0.1) is 16.0 Å². The van der Waals surface area contributed by atoms with Gasteiger partial charge in [-0.25, -0.2) is 8.42 Å². The predicted molar refractivity (Wildman–Crippen MR) is 91.0 cm³/mol. The monoisotopic (exact) mass is 408 g/mol. The molecule has 24 heavy (non-hydrogen) atoms. The Balaban J connectivity index is 1.94. The summed E-state index contributed by atoms with van der Waals surface area (Å²) in [6.45, 7) is 0.173. The second kappa shape index (κ2) is 6.12. The molecule has 0 unspecified atom stereocenters. The smallest absolute Gasteiger partial charge is 0.258 e. The highest BCUT2D eigenvalue weighted by molar-refractivity contribution is 9.10. The van der Waals surface area contributed by atoms with Gasteiger partial charge in [0.2, 0.25) is 10.0 Å². The van der Waals surface area contributed by atoms with Gasteiger partial charge < -0.3 is 0 Å². The van der Waals surface area contributed by atoms with E-state index in [0.717, 1.165) is 10.0 Å². The second-order valence-corrected chi connectivity index (χ2v) is 8.24. The van der Waals surface area contributed by atoms with E-state index in [2.05, 4.69) is 21.2 Å². The van der Waals surface area contributed by atoms with Crippen molar-refractivity contribution in [1.82, 2.24) is 9.62 Å². The minimum absolute atomic E-state index is 0.0272. The van der Waals surface area contributed by atoms with Crippen molar-refractivity contribution in [3.05, 3.63) is 63.6 Å². The third-order valence-electron chi connectivity index (χ3n) is 3.77. The van der Waals surface area contributed by atoms with Crippen LogP contribution in [-0.4, -0.2) is 31.6 Å². The average Bonchev–Trinajstić information content (AvgIpc) is 2.83. The Morgan fingerprint density at radius 2 is 1.71 bits per heavy atom. The van der Waals surface area contributed by atoms with E-state index in [9.17, 15) is 18.0 Å². The number of rotatable bonds is 4. The number of nitrogens with zero attached hydrogens (tertiary/aromatic N) is 1. The molecule has 1 N–H and O–H groups in total. The summed E-state index contributed by atoms with van der Waals surface area (Å²) in [5.41, 5.74) is 1.08. The first-order chi connectivity index (χ1) is 11.3. The first kappa shape index (κ1) is 16.8. The van der Waals surface area contributed by atoms with Crippen molar-refractivity contribution < 1.29 is 18.0 Å². The van der Waals surface area contributed by atoms with Crippen LogP contribution in [0.15, 0.2) is 51.8 Å². The van der Waals surface area contributed by atoms with Gasteiger partial charge in [0.1, 0.15) is 0 Å². The zero-order chi connectivity index (χ0) is 17.5. The van der Waals surface area contributed by atoms with Crippen molar-refractivity contribution >= 4 is 37.8 Å². The van der Waals surface area contributed by atoms with Crippen LogP contribution in [0.25, 0.3) is 0 Å². The molecule has 8 heteroatoms. The first-order valence-corrected chi connectivity index (χ1v) is 9.23. The van der Waals surface area contributed by atoms with Gasteiger partial charge in [-0.2, -0.15) is 4.31 Å². The highest BCUT2D eigenvalue weighted by Gasteiger charge is 2.30. The molecule has 0 saturated carbocycles. The SMILES string of the molecule is CN(Cc1ccccc1Br)S(=O)(=O)c1ccc2c(c1)C(=O)NC2=O. The maximum Gasteiger partial charge on any atom is 0.258 e. The summed E-state index contributed by atoms with van der Waals surface area (Å²) < 4.78 is 27.5. The molecule has 0 bridgehead atoms. The number of imide groups is 1. The molecule has 0 atom stereocenters. The standard InChI is InChI=1S/C16H13BrN2O4S/c1-19(9-10-4-2-3-5-14(10)17)24(22,23)11-6-7-12-13(8-11)16(21)18-15(12)20/h2-8H,9H2,1H3,(H,18,20,21). The highest BCUT2D eigenvalue weighted by Crippen LogP contribution is 2.24. The number of carbonyl (C=O) groups is 2. The number of sulfonamides is 1. The molecule has 0 fully saturated rings. The van der Waals surface area contributed by atoms with Gasteiger partial charge in [0, 0.05) is 18.1 Å². The Morgan fingerprint density at radius 3 is 2.42 bits per heavy atom. The van der Waals surface area contributed by atoms with Crippen LogP contribution in [-0.2, 0) is 16.6 Å². The quantitative estimate of drug-likeness (QED) is 0.785. The molecule has 124 valence electrons. The second-order valence-electron chi connectivity index (χ2n) is 5.34. The minimum Gasteiger partial charge on any atom is -0.288 e. The molecule has 1 aliphatic heterocycles. The van der Waals surface area contributed by atoms with E-state index in [0.29, 0.717) is 0 Å². The van der Waals surface area contributed by atoms with Crippen LogP contribution in [0.3, 0.4) is 0 Å². The van der Waals surface area contributed by atoms with E-state index < -0.39 is 21.8 Å². The van der Waals surface area contributed by atoms with Crippen LogP contribution < -0.4 is 5.32 Å². The summed E-state index contributed by atoms with van der Waals surface area (Å²) >= 11 is 3.39. The zero-order valence-corrected chi connectivity index (χ0v) is 15.0. The fourth-order valence-corrected chi connectivity index (χ4v) is 4.02. The molecule has 0 spiro atoms. The van der Waals surface area contributed by atoms with Crippen molar-refractivity contribution in [2.24, 2.45) is 0 Å². The lowest BCUT2D eigenvalue weighted by molar-refractivity contribution is 0.0879. The minimum atomic E-state index is -3.80. The summed E-state index contributed by atoms with van der Waals surface area (Å²) in [4.78, 5) is 23.2. The topological polar surface area (TPSA) is 83.6 Å². The molecule has 0 aromatic heterocycles. The Hall–Kier alpha value is -2.03. The summed E-state index contributed by atoms with van der Waals surface area (Å²) in [5.74, 6) is -1.10. The van der Waals surface area contributed by atoms with Gasteiger partial charge in [-0.15, -0.1) is 0 Å². The molecule has 2 aromatic rings. The van der Waals surface area contributed by atoms with Crippen LogP contribution in [0.5, 0.6) is 0 Å². The number of hydrogen-bond donors (Lipinski definition) is 1. The molecule has 0 aliphatic carbocycles. The zero-order valence-electron chi connectivity index (χ0n) is 12.6. The van der Waals surface area contributed by atoms with Gasteiger partial charge in [-0.1, -0.05) is 34.1 Å². The molecule has 2 aromatic carbocycles. The molecule has 0 radical (unpaired) electrons. The molecular weight excluding hydrogens is 396 g/mol. The summed E-state index contributed by atoms with van der Waals surface area (Å²) in [6, 6.07) is 11.3. The number of halogens is 1. The number of carbonyl (C=O) groups excluding carboxylic acids is 2. The third-order valence-corrected chi connectivity index (χ3v) is 6.34. The van der Waals surface area contributed by atoms with Crippen molar-refractivity contribution in [3.63, 3.8) is 0 Å². The summed E-state index contributed by atoms with van der Waals surface area (Å²) in [7, 11) is -2.33. The van der Waals surface area contributed by atoms with E-state index in [1.807, 2.05) is 24.3 Å². The van der Waals surface area contributed by atoms with Crippen molar-refractivity contribution in [1.29, 1.82) is 0 Å². The summed E-state index contributed by atoms with van der Waals surface area (Å²) in [5, 5.41) is 2.14. The van der Waals surface area contributed by atoms with Crippen LogP contribution >= 0.6 is 15.9 Å². The Labute approximate surface area is 147 Å². The van der Waals surface area contributed by atoms with Crippen molar-refractivity contribution in [2.45, 2.75) is 11.4 Å². The molecular formula is C16H13BrN2O4S. The average molecular weight is 409 g/mol. The fourth-order valence-electron chi connectivity index (χ4n) is 2.44. The molecule has 3 rings (SSSR count). The maximum atomic E-state index is 12.7. The lowest BCUT2D eigenvalue weighted by Crippen LogP contribution is -2.27. The maximum absolute atomic E-state index is 12.7. The molecule has 0 saturated heterocycles. The van der Waals surface area contributed by atoms with E-state index in [1.165, 1.54) is 29.6 Å². The summed E-state index contributed by atoms with van der Waals surface area (Å²) in [6.07, 6.45) is 0. The van der Waals surface area contributed by atoms with Crippen LogP contribution in [0.1, 0.15) is 26.3 Å². The van der Waals surface area contributed by atoms with Gasteiger partial charge >= 0.3 is 0 Å². The van der Waals surface area contributed by atoms with E-state index in [-0.39, 0.29) is 22.6 Å². The number of hydrogen-bond acceptors (Lipinski definition) is 4. The van der Waals surface area contributed by atoms with Gasteiger partial charge in [-0.3, -0.25) is 14.9 Å². The Morgan fingerprint density at radius 1 is 1.04 bits per heavy atom. The van der Waals surface area contributed by atoms with E-state index in [4.69, 9.17) is 0 Å². The lowest BCUT2D eigenvalue weighted by Gasteiger charge is -2.18. The lowest BCUT2D eigenvalue weighted by atomic mass is 10.1. The Bertz CT molecular complexity index is 956. The van der Waals surface area contributed by atoms with Crippen LogP contribution in [0.4, 0.5) is 0 Å².